The van der Waals surface area contributed by atoms with Gasteiger partial charge in [-0.05, 0) is 33.6 Å². The van der Waals surface area contributed by atoms with E-state index in [9.17, 15) is 13.2 Å². The number of piperidine rings is 1. The van der Waals surface area contributed by atoms with Crippen LogP contribution < -0.4 is 24.2 Å². The maximum atomic E-state index is 12.6. The molecule has 29 heavy (non-hydrogen) atoms. The molecule has 1 aliphatic rings. The molecule has 0 aliphatic carbocycles. The quantitative estimate of drug-likeness (QED) is 0.719. The fourth-order valence-electron chi connectivity index (χ4n) is 2.95. The van der Waals surface area contributed by atoms with Crippen LogP contribution in [0.5, 0.6) is 17.2 Å². The van der Waals surface area contributed by atoms with E-state index in [1.54, 1.807) is 37.8 Å². The van der Waals surface area contributed by atoms with Crippen LogP contribution in [0.4, 0.5) is 10.5 Å². The first-order valence-corrected chi connectivity index (χ1v) is 10.9. The van der Waals surface area contributed by atoms with Crippen molar-refractivity contribution in [1.29, 1.82) is 0 Å². The number of urea groups is 1. The number of ether oxygens (including phenoxy) is 3. The Morgan fingerprint density at radius 1 is 1.03 bits per heavy atom. The molecule has 2 N–H and O–H groups in total. The van der Waals surface area contributed by atoms with Gasteiger partial charge in [-0.2, -0.15) is 0 Å². The molecular weight excluding hydrogens is 398 g/mol. The van der Waals surface area contributed by atoms with E-state index in [-0.39, 0.29) is 12.1 Å². The molecular formula is C19H31N3O6S. The van der Waals surface area contributed by atoms with Gasteiger partial charge < -0.3 is 24.4 Å². The molecule has 10 heteroatoms. The first kappa shape index (κ1) is 23.1. The number of anilines is 1. The highest BCUT2D eigenvalue weighted by Gasteiger charge is 2.33. The molecule has 164 valence electrons. The molecule has 0 aromatic heterocycles. The fourth-order valence-corrected chi connectivity index (χ4v) is 3.98. The summed E-state index contributed by atoms with van der Waals surface area (Å²) < 4.78 is 42.4. The lowest BCUT2D eigenvalue weighted by molar-refractivity contribution is 0.193. The smallest absolute Gasteiger partial charge is 0.321 e. The Bertz CT molecular complexity index is 802. The van der Waals surface area contributed by atoms with Crippen molar-refractivity contribution >= 4 is 21.7 Å². The molecule has 9 nitrogen and oxygen atoms in total. The molecule has 1 fully saturated rings. The molecule has 1 aliphatic heterocycles. The number of nitrogens with zero attached hydrogens (tertiary/aromatic N) is 1. The van der Waals surface area contributed by atoms with Crippen molar-refractivity contribution in [3.8, 4) is 17.2 Å². The van der Waals surface area contributed by atoms with Gasteiger partial charge in [-0.15, -0.1) is 0 Å². The van der Waals surface area contributed by atoms with E-state index in [0.29, 0.717) is 48.9 Å². The third-order valence-corrected chi connectivity index (χ3v) is 7.08. The van der Waals surface area contributed by atoms with Gasteiger partial charge in [-0.1, -0.05) is 0 Å². The second-order valence-electron chi connectivity index (χ2n) is 7.84. The fraction of sp³-hybridized carbons (Fsp3) is 0.632. The van der Waals surface area contributed by atoms with Crippen LogP contribution in [0.15, 0.2) is 12.1 Å². The molecule has 0 saturated carbocycles. The Kier molecular flexibility index (Phi) is 7.23. The Labute approximate surface area is 172 Å². The molecule has 0 radical (unpaired) electrons. The number of amides is 2. The molecule has 0 atom stereocenters. The second-order valence-corrected chi connectivity index (χ2v) is 10.3. The van der Waals surface area contributed by atoms with E-state index < -0.39 is 14.8 Å². The van der Waals surface area contributed by atoms with Gasteiger partial charge >= 0.3 is 6.03 Å². The molecule has 1 heterocycles. The number of carbonyl (C=O) groups excluding carboxylic acids is 1. The summed E-state index contributed by atoms with van der Waals surface area (Å²) in [5.74, 6) is 1.33. The van der Waals surface area contributed by atoms with E-state index in [1.807, 2.05) is 0 Å². The van der Waals surface area contributed by atoms with Crippen LogP contribution in [-0.2, 0) is 10.0 Å². The number of rotatable bonds is 6. The monoisotopic (exact) mass is 429 g/mol. The SMILES string of the molecule is COc1cc(NC(=O)N2CCC(NS(=O)(=O)C(C)(C)C)CC2)cc(OC)c1OC. The summed E-state index contributed by atoms with van der Waals surface area (Å²) in [6.07, 6.45) is 1.11. The van der Waals surface area contributed by atoms with E-state index in [1.165, 1.54) is 21.3 Å². The number of methoxy groups -OCH3 is 3. The molecule has 0 bridgehead atoms. The number of carbonyl (C=O) groups is 1. The molecule has 1 saturated heterocycles. The lowest BCUT2D eigenvalue weighted by atomic mass is 10.1. The van der Waals surface area contributed by atoms with Crippen molar-refractivity contribution in [2.75, 3.05) is 39.7 Å². The van der Waals surface area contributed by atoms with Crippen molar-refractivity contribution < 1.29 is 27.4 Å². The van der Waals surface area contributed by atoms with Gasteiger partial charge in [0.1, 0.15) is 0 Å². The van der Waals surface area contributed by atoms with Crippen LogP contribution in [0.2, 0.25) is 0 Å². The topological polar surface area (TPSA) is 106 Å². The molecule has 2 amide bonds. The predicted molar refractivity (Wildman–Crippen MR) is 112 cm³/mol. The number of likely N-dealkylation sites (tertiary alicyclic amines) is 1. The summed E-state index contributed by atoms with van der Waals surface area (Å²) in [7, 11) is 1.11. The lowest BCUT2D eigenvalue weighted by Gasteiger charge is -2.33. The van der Waals surface area contributed by atoms with Gasteiger partial charge in [0.05, 0.1) is 31.8 Å². The highest BCUT2D eigenvalue weighted by Crippen LogP contribution is 2.40. The van der Waals surface area contributed by atoms with Crippen molar-refractivity contribution in [2.24, 2.45) is 0 Å². The lowest BCUT2D eigenvalue weighted by Crippen LogP contribution is -2.50. The zero-order chi connectivity index (χ0) is 21.8. The minimum atomic E-state index is -3.41. The summed E-state index contributed by atoms with van der Waals surface area (Å²) >= 11 is 0. The Morgan fingerprint density at radius 3 is 1.97 bits per heavy atom. The van der Waals surface area contributed by atoms with Gasteiger partial charge in [-0.3, -0.25) is 0 Å². The van der Waals surface area contributed by atoms with E-state index >= 15 is 0 Å². The number of nitrogens with one attached hydrogen (secondary N) is 2. The van der Waals surface area contributed by atoms with Crippen molar-refractivity contribution in [2.45, 2.75) is 44.4 Å². The standard InChI is InChI=1S/C19H31N3O6S/c1-19(2,3)29(24,25)21-13-7-9-22(10-8-13)18(23)20-14-11-15(26-4)17(28-6)16(12-14)27-5/h11-13,21H,7-10H2,1-6H3,(H,20,23). The molecule has 2 rings (SSSR count). The van der Waals surface area contributed by atoms with Gasteiger partial charge in [-0.25, -0.2) is 17.9 Å². The van der Waals surface area contributed by atoms with E-state index in [2.05, 4.69) is 10.0 Å². The van der Waals surface area contributed by atoms with Crippen molar-refractivity contribution in [3.63, 3.8) is 0 Å². The number of benzene rings is 1. The largest absolute Gasteiger partial charge is 0.493 e. The normalized spacial score (nSPS) is 15.7. The van der Waals surface area contributed by atoms with Crippen molar-refractivity contribution in [1.82, 2.24) is 9.62 Å². The Hall–Kier alpha value is -2.20. The highest BCUT2D eigenvalue weighted by molar-refractivity contribution is 7.90. The Balaban J connectivity index is 2.00. The van der Waals surface area contributed by atoms with Crippen LogP contribution in [-0.4, -0.2) is 64.6 Å². The maximum Gasteiger partial charge on any atom is 0.321 e. The third kappa shape index (κ3) is 5.45. The number of hydrogen-bond acceptors (Lipinski definition) is 6. The van der Waals surface area contributed by atoms with Gasteiger partial charge in [0.25, 0.3) is 0 Å². The average Bonchev–Trinajstić information content (AvgIpc) is 2.66. The Morgan fingerprint density at radius 2 is 1.55 bits per heavy atom. The second kappa shape index (κ2) is 9.08. The van der Waals surface area contributed by atoms with Crippen LogP contribution in [0.1, 0.15) is 33.6 Å². The zero-order valence-electron chi connectivity index (χ0n) is 17.9. The first-order chi connectivity index (χ1) is 13.5. The summed E-state index contributed by atoms with van der Waals surface area (Å²) in [6, 6.07) is 2.87. The molecule has 0 spiro atoms. The summed E-state index contributed by atoms with van der Waals surface area (Å²) in [6.45, 7) is 5.89. The minimum Gasteiger partial charge on any atom is -0.493 e. The van der Waals surface area contributed by atoms with Gasteiger partial charge in [0.2, 0.25) is 15.8 Å². The summed E-state index contributed by atoms with van der Waals surface area (Å²) in [5.41, 5.74) is 0.514. The van der Waals surface area contributed by atoms with Crippen LogP contribution in [0.3, 0.4) is 0 Å². The highest BCUT2D eigenvalue weighted by atomic mass is 32.2. The minimum absolute atomic E-state index is 0.176. The molecule has 0 unspecified atom stereocenters. The van der Waals surface area contributed by atoms with Crippen molar-refractivity contribution in [3.05, 3.63) is 12.1 Å². The zero-order valence-corrected chi connectivity index (χ0v) is 18.7. The summed E-state index contributed by atoms with van der Waals surface area (Å²) in [5, 5.41) is 2.83. The third-order valence-electron chi connectivity index (χ3n) is 4.83. The number of sulfonamides is 1. The van der Waals surface area contributed by atoms with E-state index in [4.69, 9.17) is 14.2 Å². The molecule has 1 aromatic carbocycles. The predicted octanol–water partition coefficient (Wildman–Crippen LogP) is 2.43. The molecule has 1 aromatic rings. The van der Waals surface area contributed by atoms with Crippen LogP contribution in [0.25, 0.3) is 0 Å². The van der Waals surface area contributed by atoms with Gasteiger partial charge in [0.15, 0.2) is 11.5 Å². The first-order valence-electron chi connectivity index (χ1n) is 9.40. The van der Waals surface area contributed by atoms with Crippen LogP contribution >= 0.6 is 0 Å². The van der Waals surface area contributed by atoms with Crippen LogP contribution in [0, 0.1) is 0 Å². The van der Waals surface area contributed by atoms with E-state index in [0.717, 1.165) is 0 Å². The summed E-state index contributed by atoms with van der Waals surface area (Å²) in [4.78, 5) is 14.3. The number of hydrogen-bond donors (Lipinski definition) is 2. The van der Waals surface area contributed by atoms with Gasteiger partial charge in [0, 0.05) is 31.3 Å². The average molecular weight is 430 g/mol. The maximum absolute atomic E-state index is 12.6.